The number of hydrogen-bond acceptors (Lipinski definition) is 12. The molecular weight excluding hydrogens is 1060 g/mol. The van der Waals surface area contributed by atoms with Crippen LogP contribution >= 0.6 is 0 Å². The summed E-state index contributed by atoms with van der Waals surface area (Å²) in [5, 5.41) is 66.2. The van der Waals surface area contributed by atoms with Crippen molar-refractivity contribution in [1.29, 1.82) is 0 Å². The first-order chi connectivity index (χ1) is 40.9. The molecular formula is C68H137N7O9. The molecule has 0 heterocycles. The van der Waals surface area contributed by atoms with Gasteiger partial charge in [-0.15, -0.1) is 0 Å². The van der Waals surface area contributed by atoms with E-state index in [1.54, 1.807) is 9.80 Å². The summed E-state index contributed by atoms with van der Waals surface area (Å²) < 4.78 is 0. The van der Waals surface area contributed by atoms with Gasteiger partial charge < -0.3 is 51.7 Å². The van der Waals surface area contributed by atoms with E-state index in [-0.39, 0.29) is 32.8 Å². The van der Waals surface area contributed by atoms with Crippen LogP contribution in [0.25, 0.3) is 0 Å². The van der Waals surface area contributed by atoms with Crippen molar-refractivity contribution in [2.45, 2.75) is 322 Å². The van der Waals surface area contributed by atoms with Gasteiger partial charge in [0.1, 0.15) is 24.4 Å². The van der Waals surface area contributed by atoms with Crippen LogP contribution in [-0.2, 0) is 19.2 Å². The number of aliphatic hydroxyl groups excluding tert-OH is 5. The molecule has 0 spiro atoms. The van der Waals surface area contributed by atoms with Gasteiger partial charge in [0.2, 0.25) is 23.6 Å². The minimum atomic E-state index is -1.36. The number of aliphatic hydroxyl groups is 5. The predicted octanol–water partition coefficient (Wildman–Crippen LogP) is 11.3. The molecule has 0 saturated carbocycles. The Morgan fingerprint density at radius 1 is 0.262 bits per heavy atom. The third-order valence-corrected chi connectivity index (χ3v) is 16.6. The van der Waals surface area contributed by atoms with E-state index in [0.717, 1.165) is 77.0 Å². The Labute approximate surface area is 515 Å². The monoisotopic (exact) mass is 1200 g/mol. The van der Waals surface area contributed by atoms with Gasteiger partial charge in [-0.25, -0.2) is 0 Å². The van der Waals surface area contributed by atoms with Crippen molar-refractivity contribution in [3.63, 3.8) is 0 Å². The molecule has 4 amide bonds. The Kier molecular flexibility index (Phi) is 60.4. The summed E-state index contributed by atoms with van der Waals surface area (Å²) >= 11 is 0. The summed E-state index contributed by atoms with van der Waals surface area (Å²) in [6.45, 7) is 12.6. The van der Waals surface area contributed by atoms with Crippen LogP contribution in [0, 0.1) is 0 Å². The molecule has 0 aliphatic carbocycles. The molecule has 0 fully saturated rings. The van der Waals surface area contributed by atoms with E-state index >= 15 is 0 Å². The van der Waals surface area contributed by atoms with Crippen molar-refractivity contribution in [1.82, 2.24) is 36.0 Å². The van der Waals surface area contributed by atoms with Crippen molar-refractivity contribution in [2.75, 3.05) is 91.7 Å². The summed E-state index contributed by atoms with van der Waals surface area (Å²) in [7, 11) is 0. The van der Waals surface area contributed by atoms with E-state index in [9.17, 15) is 44.7 Å². The molecule has 0 aromatic heterocycles. The van der Waals surface area contributed by atoms with Crippen LogP contribution in [0.4, 0.5) is 0 Å². The van der Waals surface area contributed by atoms with E-state index in [0.29, 0.717) is 71.7 Å². The minimum absolute atomic E-state index is 0.0636. The number of unbranched alkanes of at least 4 members (excludes halogenated alkanes) is 36. The summed E-state index contributed by atoms with van der Waals surface area (Å²) in [6.07, 6.45) is 42.9. The largest absolute Gasteiger partial charge is 0.395 e. The van der Waals surface area contributed by atoms with Crippen LogP contribution in [0.5, 0.6) is 0 Å². The quantitative estimate of drug-likeness (QED) is 0.0259. The fourth-order valence-corrected chi connectivity index (χ4v) is 11.1. The number of carbonyl (C=O) groups excluding carboxylic acids is 4. The van der Waals surface area contributed by atoms with Gasteiger partial charge in [0.25, 0.3) is 0 Å². The highest BCUT2D eigenvalue weighted by atomic mass is 16.3. The molecule has 0 bridgehead atoms. The van der Waals surface area contributed by atoms with Gasteiger partial charge in [-0.1, -0.05) is 259 Å². The first-order valence-corrected chi connectivity index (χ1v) is 35.5. The lowest BCUT2D eigenvalue weighted by Gasteiger charge is -2.29. The lowest BCUT2D eigenvalue weighted by Crippen LogP contribution is -2.49. The first-order valence-electron chi connectivity index (χ1n) is 35.5. The van der Waals surface area contributed by atoms with Crippen LogP contribution in [0.1, 0.15) is 297 Å². The van der Waals surface area contributed by atoms with Gasteiger partial charge in [0, 0.05) is 58.9 Å². The summed E-state index contributed by atoms with van der Waals surface area (Å²) in [5.74, 6) is -1.90. The molecule has 0 aromatic carbocycles. The molecule has 16 nitrogen and oxygen atoms in total. The summed E-state index contributed by atoms with van der Waals surface area (Å²) in [5.41, 5.74) is 0. The smallest absolute Gasteiger partial charge is 0.250 e. The summed E-state index contributed by atoms with van der Waals surface area (Å²) in [6, 6.07) is 0. The van der Waals surface area contributed by atoms with Crippen LogP contribution < -0.4 is 21.3 Å². The second-order valence-corrected chi connectivity index (χ2v) is 24.7. The maximum Gasteiger partial charge on any atom is 0.250 e. The number of hydrogen-bond donors (Lipinski definition) is 9. The predicted molar refractivity (Wildman–Crippen MR) is 349 cm³/mol. The first kappa shape index (κ1) is 81.6. The molecule has 0 aromatic rings. The number of nitrogens with one attached hydrogen (secondary N) is 4. The lowest BCUT2D eigenvalue weighted by molar-refractivity contribution is -0.133. The topological polar surface area (TPSA) is 227 Å². The molecule has 84 heavy (non-hydrogen) atoms. The van der Waals surface area contributed by atoms with Gasteiger partial charge in [-0.3, -0.25) is 29.0 Å². The second-order valence-electron chi connectivity index (χ2n) is 24.7. The molecule has 0 rings (SSSR count). The van der Waals surface area contributed by atoms with Gasteiger partial charge >= 0.3 is 0 Å². The lowest BCUT2D eigenvalue weighted by atomic mass is 10.1. The average Bonchev–Trinajstić information content (AvgIpc) is 3.59. The average molecular weight is 1200 g/mol. The van der Waals surface area contributed by atoms with E-state index in [1.807, 2.05) is 0 Å². The van der Waals surface area contributed by atoms with Crippen LogP contribution in [0.2, 0.25) is 0 Å². The zero-order chi connectivity index (χ0) is 61.8. The fourth-order valence-electron chi connectivity index (χ4n) is 11.1. The molecule has 0 saturated heterocycles. The van der Waals surface area contributed by atoms with E-state index < -0.39 is 48.0 Å². The maximum atomic E-state index is 13.1. The van der Waals surface area contributed by atoms with Crippen molar-refractivity contribution < 1.29 is 44.7 Å². The van der Waals surface area contributed by atoms with E-state index in [1.165, 1.54) is 180 Å². The molecule has 16 heteroatoms. The number of carbonyl (C=O) groups is 4. The zero-order valence-electron chi connectivity index (χ0n) is 55.1. The van der Waals surface area contributed by atoms with Crippen molar-refractivity contribution >= 4 is 23.6 Å². The standard InChI is InChI=1S/C68H137N7O9/c1-5-9-13-17-21-25-29-33-37-41-47-69-65(81)61(77)57-74(58-62(78)66(82)70-48-42-38-34-30-26-22-18-14-10-6-2)53-45-51-73(55-56-76)52-46-54-75(59-63(79)67(83)71-49-43-39-35-31-27-23-19-15-11-7-3)60-64(80)68(84)72-50-44-40-36-32-28-24-20-16-12-8-4/h61-64,76-80H,5-60H2,1-4H3,(H,69,81)(H,70,82)(H,71,83)(H,72,84). The van der Waals surface area contributed by atoms with Crippen molar-refractivity contribution in [3.8, 4) is 0 Å². The van der Waals surface area contributed by atoms with Crippen molar-refractivity contribution in [3.05, 3.63) is 0 Å². The van der Waals surface area contributed by atoms with Gasteiger partial charge in [0.15, 0.2) is 0 Å². The SMILES string of the molecule is CCCCCCCCCCCCNC(=O)C(O)CN(CCCN(CCO)CCCN(CC(O)C(=O)NCCCCCCCCCCCC)CC(O)C(=O)NCCCCCCCCCCCC)CC(O)C(=O)NCCCCCCCCCCCC. The van der Waals surface area contributed by atoms with E-state index in [2.05, 4.69) is 53.9 Å². The normalized spacial score (nSPS) is 13.2. The Balaban J connectivity index is 5.61. The Morgan fingerprint density at radius 3 is 0.631 bits per heavy atom. The molecule has 0 aliphatic heterocycles. The van der Waals surface area contributed by atoms with Gasteiger partial charge in [0.05, 0.1) is 6.61 Å². The Hall–Kier alpha value is -2.44. The molecule has 4 atom stereocenters. The fraction of sp³-hybridized carbons (Fsp3) is 0.941. The van der Waals surface area contributed by atoms with Gasteiger partial charge in [-0.2, -0.15) is 0 Å². The Morgan fingerprint density at radius 2 is 0.440 bits per heavy atom. The minimum Gasteiger partial charge on any atom is -0.395 e. The third kappa shape index (κ3) is 52.7. The zero-order valence-corrected chi connectivity index (χ0v) is 55.1. The molecule has 498 valence electrons. The van der Waals surface area contributed by atoms with Gasteiger partial charge in [-0.05, 0) is 64.7 Å². The maximum absolute atomic E-state index is 13.1. The number of amides is 4. The number of nitrogens with zero attached hydrogens (tertiary/aromatic N) is 3. The third-order valence-electron chi connectivity index (χ3n) is 16.6. The molecule has 4 unspecified atom stereocenters. The van der Waals surface area contributed by atoms with Crippen LogP contribution in [0.3, 0.4) is 0 Å². The highest BCUT2D eigenvalue weighted by Gasteiger charge is 2.26. The Bertz CT molecular complexity index is 1270. The van der Waals surface area contributed by atoms with Crippen LogP contribution in [-0.4, -0.2) is 180 Å². The highest BCUT2D eigenvalue weighted by Crippen LogP contribution is 2.15. The highest BCUT2D eigenvalue weighted by molar-refractivity contribution is 5.82. The molecule has 0 radical (unpaired) electrons. The van der Waals surface area contributed by atoms with Crippen LogP contribution in [0.15, 0.2) is 0 Å². The summed E-state index contributed by atoms with van der Waals surface area (Å²) in [4.78, 5) is 58.2. The number of rotatable bonds is 66. The van der Waals surface area contributed by atoms with E-state index in [4.69, 9.17) is 0 Å². The van der Waals surface area contributed by atoms with Crippen molar-refractivity contribution in [2.24, 2.45) is 0 Å². The second kappa shape index (κ2) is 62.2. The molecule has 0 aliphatic rings. The molecule has 9 N–H and O–H groups in total.